The minimum Gasteiger partial charge on any atom is -0.455 e. The lowest BCUT2D eigenvalue weighted by molar-refractivity contribution is 0.328. The van der Waals surface area contributed by atoms with E-state index in [0.29, 0.717) is 5.92 Å². The van der Waals surface area contributed by atoms with Crippen molar-refractivity contribution >= 4 is 90.8 Å². The number of nitrogens with one attached hydrogen (secondary N) is 2. The lowest BCUT2D eigenvalue weighted by Gasteiger charge is -2.36. The minimum atomic E-state index is -0.206. The number of fused-ring (bicyclic) bond motifs is 9. The van der Waals surface area contributed by atoms with E-state index in [0.717, 1.165) is 50.9 Å². The zero-order chi connectivity index (χ0) is 33.5. The van der Waals surface area contributed by atoms with Crippen LogP contribution < -0.4 is 10.6 Å². The number of hydrogen-bond acceptors (Lipinski definition) is 6. The summed E-state index contributed by atoms with van der Waals surface area (Å²) in [5.74, 6) is 1.25. The first kappa shape index (κ1) is 29.2. The third-order valence-electron chi connectivity index (χ3n) is 10.5. The van der Waals surface area contributed by atoms with Gasteiger partial charge in [-0.2, -0.15) is 0 Å². The average molecular weight is 694 g/mol. The molecule has 51 heavy (non-hydrogen) atoms. The van der Waals surface area contributed by atoms with Crippen LogP contribution in [0, 0.1) is 5.92 Å². The van der Waals surface area contributed by atoms with Gasteiger partial charge in [0.25, 0.3) is 0 Å². The zero-order valence-electron chi connectivity index (χ0n) is 27.5. The molecule has 3 unspecified atom stereocenters. The molecule has 0 spiro atoms. The van der Waals surface area contributed by atoms with E-state index in [2.05, 4.69) is 150 Å². The lowest BCUT2D eigenvalue weighted by atomic mass is 9.95. The molecule has 0 amide bonds. The number of amidine groups is 1. The molecule has 6 aromatic carbocycles. The van der Waals surface area contributed by atoms with Gasteiger partial charge < -0.3 is 9.73 Å². The molecule has 3 atom stereocenters. The molecule has 244 valence electrons. The van der Waals surface area contributed by atoms with Crippen molar-refractivity contribution in [1.29, 1.82) is 0 Å². The second-order valence-electron chi connectivity index (χ2n) is 13.5. The number of benzene rings is 6. The van der Waals surface area contributed by atoms with Gasteiger partial charge in [0.2, 0.25) is 0 Å². The molecule has 1 aliphatic carbocycles. The molecule has 1 aliphatic heterocycles. The van der Waals surface area contributed by atoms with Gasteiger partial charge in [-0.25, -0.2) is 4.99 Å². The lowest BCUT2D eigenvalue weighted by Crippen LogP contribution is -2.54. The standard InChI is InChI=1S/C45H31N3OS2/c1-2-11-26(12-3-1)43-46-44(48-45(47-43)35-20-10-17-32-29-14-5-7-22-38(29)50-42(32)35)27-23-24-39-36(25-27)34-19-9-18-33(41(34)51-39)31-16-8-15-30-28-13-4-6-21-37(28)49-40(30)31/h1-11,13-26,43-44,46H,12H2,(H,47,48). The van der Waals surface area contributed by atoms with Gasteiger partial charge in [0, 0.05) is 73.7 Å². The quantitative estimate of drug-likeness (QED) is 0.193. The fourth-order valence-electron chi connectivity index (χ4n) is 8.05. The Morgan fingerprint density at radius 2 is 1.31 bits per heavy atom. The molecule has 2 N–H and O–H groups in total. The summed E-state index contributed by atoms with van der Waals surface area (Å²) in [6, 6.07) is 43.7. The fraction of sp³-hybridized carbons (Fsp3) is 0.0889. The van der Waals surface area contributed by atoms with Crippen molar-refractivity contribution in [3.63, 3.8) is 0 Å². The van der Waals surface area contributed by atoms with Gasteiger partial charge in [-0.05, 0) is 42.3 Å². The maximum absolute atomic E-state index is 6.48. The van der Waals surface area contributed by atoms with E-state index >= 15 is 0 Å². The summed E-state index contributed by atoms with van der Waals surface area (Å²) in [6.07, 6.45) is 9.67. The van der Waals surface area contributed by atoms with Crippen molar-refractivity contribution in [2.75, 3.05) is 0 Å². The Kier molecular flexibility index (Phi) is 6.59. The van der Waals surface area contributed by atoms with Gasteiger partial charge in [-0.1, -0.05) is 115 Å². The first-order valence-corrected chi connectivity index (χ1v) is 19.1. The summed E-state index contributed by atoms with van der Waals surface area (Å²) in [5, 5.41) is 15.1. The Hall–Kier alpha value is -5.53. The van der Waals surface area contributed by atoms with E-state index in [1.54, 1.807) is 0 Å². The number of nitrogens with zero attached hydrogens (tertiary/aromatic N) is 1. The summed E-state index contributed by atoms with van der Waals surface area (Å²) in [4.78, 5) is 5.43. The monoisotopic (exact) mass is 693 g/mol. The highest BCUT2D eigenvalue weighted by Gasteiger charge is 2.30. The number of furan rings is 1. The SMILES string of the molecule is C1=CCC(C2NC(c3cccc4c3sc3ccccc34)=NC(c3ccc4sc5c(-c6cccc7c6oc6ccccc67)cccc5c4c3)N2)C=C1. The van der Waals surface area contributed by atoms with Crippen LogP contribution in [-0.4, -0.2) is 12.0 Å². The van der Waals surface area contributed by atoms with Crippen LogP contribution >= 0.6 is 22.7 Å². The highest BCUT2D eigenvalue weighted by atomic mass is 32.1. The first-order valence-electron chi connectivity index (χ1n) is 17.5. The van der Waals surface area contributed by atoms with Crippen molar-refractivity contribution in [3.05, 3.63) is 157 Å². The minimum absolute atomic E-state index is 0.0270. The van der Waals surface area contributed by atoms with E-state index < -0.39 is 0 Å². The fourth-order valence-corrected chi connectivity index (χ4v) is 10.5. The molecule has 3 aromatic heterocycles. The molecular formula is C45H31N3OS2. The summed E-state index contributed by atoms with van der Waals surface area (Å²) < 4.78 is 11.6. The summed E-state index contributed by atoms with van der Waals surface area (Å²) in [6.45, 7) is 0. The van der Waals surface area contributed by atoms with E-state index in [-0.39, 0.29) is 12.3 Å². The van der Waals surface area contributed by atoms with Crippen molar-refractivity contribution in [2.45, 2.75) is 18.8 Å². The van der Waals surface area contributed by atoms with Crippen LogP contribution in [0.2, 0.25) is 0 Å². The Bertz CT molecular complexity index is 2940. The maximum atomic E-state index is 6.48. The highest BCUT2D eigenvalue weighted by Crippen LogP contribution is 2.44. The average Bonchev–Trinajstić information content (AvgIpc) is 3.89. The molecule has 0 fully saturated rings. The van der Waals surface area contributed by atoms with E-state index in [9.17, 15) is 0 Å². The van der Waals surface area contributed by atoms with Gasteiger partial charge >= 0.3 is 0 Å². The normalized spacial score (nSPS) is 19.1. The Labute approximate surface area is 302 Å². The van der Waals surface area contributed by atoms with Crippen molar-refractivity contribution < 1.29 is 4.42 Å². The van der Waals surface area contributed by atoms with Crippen molar-refractivity contribution in [1.82, 2.24) is 10.6 Å². The Morgan fingerprint density at radius 3 is 2.18 bits per heavy atom. The van der Waals surface area contributed by atoms with E-state index in [1.165, 1.54) is 45.9 Å². The molecule has 2 aliphatic rings. The van der Waals surface area contributed by atoms with Gasteiger partial charge in [0.05, 0.1) is 6.17 Å². The summed E-state index contributed by atoms with van der Waals surface area (Å²) in [7, 11) is 0. The highest BCUT2D eigenvalue weighted by molar-refractivity contribution is 7.26. The predicted octanol–water partition coefficient (Wildman–Crippen LogP) is 12.1. The number of aliphatic imine (C=N–C) groups is 1. The molecule has 0 radical (unpaired) electrons. The van der Waals surface area contributed by atoms with Crippen LogP contribution in [0.3, 0.4) is 0 Å². The Balaban J connectivity index is 1.05. The first-order chi connectivity index (χ1) is 25.3. The number of para-hydroxylation sites is 2. The van der Waals surface area contributed by atoms with Crippen molar-refractivity contribution in [3.8, 4) is 11.1 Å². The van der Waals surface area contributed by atoms with Crippen LogP contribution in [0.25, 0.3) is 73.4 Å². The van der Waals surface area contributed by atoms with Crippen LogP contribution in [0.15, 0.2) is 155 Å². The molecule has 11 rings (SSSR count). The zero-order valence-corrected chi connectivity index (χ0v) is 29.1. The van der Waals surface area contributed by atoms with Crippen LogP contribution in [-0.2, 0) is 0 Å². The second kappa shape index (κ2) is 11.5. The van der Waals surface area contributed by atoms with E-state index in [4.69, 9.17) is 9.41 Å². The molecule has 6 heteroatoms. The number of thiophene rings is 2. The molecule has 4 heterocycles. The molecular weight excluding hydrogens is 663 g/mol. The van der Waals surface area contributed by atoms with Crippen molar-refractivity contribution in [2.24, 2.45) is 10.9 Å². The van der Waals surface area contributed by atoms with Gasteiger partial charge in [0.15, 0.2) is 0 Å². The maximum Gasteiger partial charge on any atom is 0.143 e. The molecule has 0 bridgehead atoms. The second-order valence-corrected chi connectivity index (χ2v) is 15.6. The third kappa shape index (κ3) is 4.64. The smallest absolute Gasteiger partial charge is 0.143 e. The third-order valence-corrected chi connectivity index (χ3v) is 13.0. The van der Waals surface area contributed by atoms with Gasteiger partial charge in [-0.15, -0.1) is 22.7 Å². The van der Waals surface area contributed by atoms with Crippen LogP contribution in [0.1, 0.15) is 23.7 Å². The molecule has 4 nitrogen and oxygen atoms in total. The predicted molar refractivity (Wildman–Crippen MR) is 217 cm³/mol. The Morgan fingerprint density at radius 1 is 0.608 bits per heavy atom. The number of hydrogen-bond donors (Lipinski definition) is 2. The van der Waals surface area contributed by atoms with Gasteiger partial charge in [0.1, 0.15) is 23.2 Å². The van der Waals surface area contributed by atoms with E-state index in [1.807, 2.05) is 28.7 Å². The van der Waals surface area contributed by atoms with Crippen LogP contribution in [0.5, 0.6) is 0 Å². The molecule has 0 saturated heterocycles. The number of rotatable bonds is 4. The summed E-state index contributed by atoms with van der Waals surface area (Å²) in [5.41, 5.74) is 6.51. The van der Waals surface area contributed by atoms with Crippen LogP contribution in [0.4, 0.5) is 0 Å². The number of allylic oxidation sites excluding steroid dienone is 3. The largest absolute Gasteiger partial charge is 0.455 e. The topological polar surface area (TPSA) is 49.6 Å². The molecule has 9 aromatic rings. The molecule has 0 saturated carbocycles. The summed E-state index contributed by atoms with van der Waals surface area (Å²) >= 11 is 3.70. The van der Waals surface area contributed by atoms with Gasteiger partial charge in [-0.3, -0.25) is 5.32 Å².